The molecule has 146 valence electrons. The van der Waals surface area contributed by atoms with Gasteiger partial charge in [-0.1, -0.05) is 42.5 Å². The van der Waals surface area contributed by atoms with Crippen molar-refractivity contribution in [1.82, 2.24) is 19.8 Å². The summed E-state index contributed by atoms with van der Waals surface area (Å²) in [4.78, 5) is 19.8. The molecule has 0 fully saturated rings. The average Bonchev–Trinajstić information content (AvgIpc) is 3.15. The Labute approximate surface area is 166 Å². The van der Waals surface area contributed by atoms with Gasteiger partial charge in [0.25, 0.3) is 0 Å². The number of carbonyl (C=O) groups is 1. The molecular formula is C23H28N4O. The number of benzene rings is 2. The molecule has 0 unspecified atom stereocenters. The predicted molar refractivity (Wildman–Crippen MR) is 112 cm³/mol. The topological polar surface area (TPSA) is 50.2 Å². The lowest BCUT2D eigenvalue weighted by Gasteiger charge is -2.35. The van der Waals surface area contributed by atoms with Crippen LogP contribution in [0.3, 0.4) is 0 Å². The first-order valence-electron chi connectivity index (χ1n) is 9.95. The van der Waals surface area contributed by atoms with Crippen LogP contribution in [0.4, 0.5) is 0 Å². The fourth-order valence-corrected chi connectivity index (χ4v) is 4.09. The number of nitrogens with one attached hydrogen (secondary N) is 1. The normalized spacial score (nSPS) is 16.0. The number of imidazole rings is 1. The molecule has 0 aliphatic carbocycles. The molecule has 0 saturated carbocycles. The first-order valence-corrected chi connectivity index (χ1v) is 9.95. The maximum atomic E-state index is 13.1. The number of fused-ring (bicyclic) bond motifs is 2. The molecule has 5 nitrogen and oxygen atoms in total. The number of nitrogens with zero attached hydrogens (tertiary/aromatic N) is 3. The number of hydrogen-bond donors (Lipinski definition) is 1. The molecule has 1 atom stereocenters. The average molecular weight is 377 g/mol. The smallest absolute Gasteiger partial charge is 0.227 e. The predicted octanol–water partition coefficient (Wildman–Crippen LogP) is 3.76. The molecule has 1 aromatic heterocycles. The minimum Gasteiger partial charge on any atom is -0.349 e. The van der Waals surface area contributed by atoms with E-state index in [9.17, 15) is 4.79 Å². The van der Waals surface area contributed by atoms with Crippen molar-refractivity contribution in [2.24, 2.45) is 5.41 Å². The van der Waals surface area contributed by atoms with Gasteiger partial charge in [0.1, 0.15) is 5.82 Å². The zero-order valence-corrected chi connectivity index (χ0v) is 16.9. The fraction of sp³-hybridized carbons (Fsp3) is 0.391. The van der Waals surface area contributed by atoms with E-state index in [1.807, 2.05) is 38.4 Å². The van der Waals surface area contributed by atoms with Crippen LogP contribution < -0.4 is 5.32 Å². The van der Waals surface area contributed by atoms with Crippen molar-refractivity contribution in [3.63, 3.8) is 0 Å². The minimum atomic E-state index is -0.479. The summed E-state index contributed by atoms with van der Waals surface area (Å²) < 4.78 is 2.19. The number of aromatic nitrogens is 2. The third-order valence-electron chi connectivity index (χ3n) is 5.69. The van der Waals surface area contributed by atoms with Crippen molar-refractivity contribution < 1.29 is 4.79 Å². The number of rotatable bonds is 5. The van der Waals surface area contributed by atoms with Crippen LogP contribution in [0.1, 0.15) is 38.2 Å². The third kappa shape index (κ3) is 3.67. The molecule has 4 rings (SSSR count). The molecule has 1 amide bonds. The fourth-order valence-electron chi connectivity index (χ4n) is 4.09. The second-order valence-electron chi connectivity index (χ2n) is 8.39. The van der Waals surface area contributed by atoms with E-state index in [0.29, 0.717) is 6.54 Å². The highest BCUT2D eigenvalue weighted by molar-refractivity contribution is 5.87. The first-order chi connectivity index (χ1) is 13.4. The van der Waals surface area contributed by atoms with Crippen LogP contribution in [0.2, 0.25) is 0 Å². The minimum absolute atomic E-state index is 0.0434. The van der Waals surface area contributed by atoms with Gasteiger partial charge in [0.05, 0.1) is 18.0 Å². The molecule has 0 saturated heterocycles. The molecule has 1 aliphatic heterocycles. The second kappa shape index (κ2) is 7.40. The molecule has 1 N–H and O–H groups in total. The highest BCUT2D eigenvalue weighted by Crippen LogP contribution is 2.26. The Balaban J connectivity index is 1.44. The Kier molecular flexibility index (Phi) is 4.94. The van der Waals surface area contributed by atoms with E-state index in [0.717, 1.165) is 31.0 Å². The SMILES string of the molecule is C[C@@H](NC(=O)C(C)(C)CN1CCn2ccnc2C1)c1cccc2ccccc12. The molecule has 2 aromatic carbocycles. The standard InChI is InChI=1S/C23H28N4O/c1-17(19-10-6-8-18-7-4-5-9-20(18)19)25-22(28)23(2,3)16-26-13-14-27-12-11-24-21(27)15-26/h4-12,17H,13-16H2,1-3H3,(H,25,28)/t17-/m1/s1. The largest absolute Gasteiger partial charge is 0.349 e. The van der Waals surface area contributed by atoms with Crippen molar-refractivity contribution in [2.45, 2.75) is 39.9 Å². The van der Waals surface area contributed by atoms with Gasteiger partial charge in [-0.2, -0.15) is 0 Å². The number of carbonyl (C=O) groups excluding carboxylic acids is 1. The molecular weight excluding hydrogens is 348 g/mol. The van der Waals surface area contributed by atoms with E-state index >= 15 is 0 Å². The van der Waals surface area contributed by atoms with Gasteiger partial charge in [-0.15, -0.1) is 0 Å². The van der Waals surface area contributed by atoms with Crippen LogP contribution in [0.5, 0.6) is 0 Å². The Morgan fingerprint density at radius 3 is 2.82 bits per heavy atom. The summed E-state index contributed by atoms with van der Waals surface area (Å²) in [5.41, 5.74) is 0.676. The molecule has 5 heteroatoms. The van der Waals surface area contributed by atoms with Gasteiger partial charge in [-0.3, -0.25) is 9.69 Å². The molecule has 2 heterocycles. The van der Waals surface area contributed by atoms with Crippen LogP contribution in [-0.4, -0.2) is 33.4 Å². The van der Waals surface area contributed by atoms with Crippen LogP contribution >= 0.6 is 0 Å². The van der Waals surface area contributed by atoms with Gasteiger partial charge < -0.3 is 9.88 Å². The van der Waals surface area contributed by atoms with Crippen molar-refractivity contribution >= 4 is 16.7 Å². The van der Waals surface area contributed by atoms with Crippen molar-refractivity contribution in [3.05, 3.63) is 66.2 Å². The zero-order valence-electron chi connectivity index (χ0n) is 16.9. The maximum Gasteiger partial charge on any atom is 0.227 e. The Hall–Kier alpha value is -2.66. The van der Waals surface area contributed by atoms with Gasteiger partial charge in [-0.05, 0) is 37.1 Å². The summed E-state index contributed by atoms with van der Waals surface area (Å²) in [6, 6.07) is 14.5. The highest BCUT2D eigenvalue weighted by Gasteiger charge is 2.32. The summed E-state index contributed by atoms with van der Waals surface area (Å²) in [6.45, 7) is 9.50. The monoisotopic (exact) mass is 376 g/mol. The first kappa shape index (κ1) is 18.7. The Morgan fingerprint density at radius 1 is 1.18 bits per heavy atom. The zero-order chi connectivity index (χ0) is 19.7. The van der Waals surface area contributed by atoms with Crippen molar-refractivity contribution in [1.29, 1.82) is 0 Å². The molecule has 0 bridgehead atoms. The quantitative estimate of drug-likeness (QED) is 0.738. The third-order valence-corrected chi connectivity index (χ3v) is 5.69. The summed E-state index contributed by atoms with van der Waals surface area (Å²) >= 11 is 0. The van der Waals surface area contributed by atoms with Crippen LogP contribution in [-0.2, 0) is 17.9 Å². The van der Waals surface area contributed by atoms with Crippen molar-refractivity contribution in [2.75, 3.05) is 13.1 Å². The Morgan fingerprint density at radius 2 is 1.96 bits per heavy atom. The second-order valence-corrected chi connectivity index (χ2v) is 8.39. The van der Waals surface area contributed by atoms with Gasteiger partial charge in [0, 0.05) is 32.0 Å². The molecule has 0 radical (unpaired) electrons. The van der Waals surface area contributed by atoms with Gasteiger partial charge in [0.2, 0.25) is 5.91 Å². The number of amides is 1. The van der Waals surface area contributed by atoms with E-state index in [1.165, 1.54) is 10.8 Å². The van der Waals surface area contributed by atoms with E-state index in [4.69, 9.17) is 0 Å². The van der Waals surface area contributed by atoms with E-state index in [1.54, 1.807) is 0 Å². The lowest BCUT2D eigenvalue weighted by Crippen LogP contribution is -2.47. The van der Waals surface area contributed by atoms with Gasteiger partial charge >= 0.3 is 0 Å². The molecule has 28 heavy (non-hydrogen) atoms. The molecule has 3 aromatic rings. The maximum absolute atomic E-state index is 13.1. The van der Waals surface area contributed by atoms with E-state index in [-0.39, 0.29) is 11.9 Å². The highest BCUT2D eigenvalue weighted by atomic mass is 16.2. The van der Waals surface area contributed by atoms with Crippen molar-refractivity contribution in [3.8, 4) is 0 Å². The molecule has 0 spiro atoms. The lowest BCUT2D eigenvalue weighted by atomic mass is 9.90. The number of hydrogen-bond acceptors (Lipinski definition) is 3. The summed E-state index contributed by atoms with van der Waals surface area (Å²) in [6.07, 6.45) is 3.87. The Bertz CT molecular complexity index is 986. The summed E-state index contributed by atoms with van der Waals surface area (Å²) in [7, 11) is 0. The summed E-state index contributed by atoms with van der Waals surface area (Å²) in [5, 5.41) is 5.64. The van der Waals surface area contributed by atoms with E-state index in [2.05, 4.69) is 57.0 Å². The summed E-state index contributed by atoms with van der Waals surface area (Å²) in [5.74, 6) is 1.16. The van der Waals surface area contributed by atoms with Crippen LogP contribution in [0.25, 0.3) is 10.8 Å². The molecule has 1 aliphatic rings. The van der Waals surface area contributed by atoms with Gasteiger partial charge in [0.15, 0.2) is 0 Å². The van der Waals surface area contributed by atoms with Gasteiger partial charge in [-0.25, -0.2) is 4.98 Å². The van der Waals surface area contributed by atoms with Crippen LogP contribution in [0, 0.1) is 5.41 Å². The lowest BCUT2D eigenvalue weighted by molar-refractivity contribution is -0.131. The van der Waals surface area contributed by atoms with E-state index < -0.39 is 5.41 Å². The van der Waals surface area contributed by atoms with Crippen LogP contribution in [0.15, 0.2) is 54.9 Å².